The lowest BCUT2D eigenvalue weighted by Crippen LogP contribution is -2.38. The molecule has 0 saturated heterocycles. The van der Waals surface area contributed by atoms with Gasteiger partial charge in [0, 0.05) is 11.9 Å². The summed E-state index contributed by atoms with van der Waals surface area (Å²) in [6, 6.07) is 7.64. The van der Waals surface area contributed by atoms with E-state index in [1.165, 1.54) is 17.0 Å². The van der Waals surface area contributed by atoms with Gasteiger partial charge in [0.1, 0.15) is 5.82 Å². The number of fused-ring (bicyclic) bond motifs is 1. The van der Waals surface area contributed by atoms with Crippen LogP contribution in [0.4, 0.5) is 20.6 Å². The number of carbonyl (C=O) groups excluding carboxylic acids is 1. The Bertz CT molecular complexity index is 600. The van der Waals surface area contributed by atoms with Crippen molar-refractivity contribution in [3.63, 3.8) is 0 Å². The summed E-state index contributed by atoms with van der Waals surface area (Å²) >= 11 is 0. The first-order chi connectivity index (χ1) is 8.74. The van der Waals surface area contributed by atoms with Gasteiger partial charge in [-0.1, -0.05) is 0 Å². The SMILES string of the molecule is O=C1Nc2ccc(F)cc2CN1c1cccnc1. The first-order valence-electron chi connectivity index (χ1n) is 5.51. The summed E-state index contributed by atoms with van der Waals surface area (Å²) in [4.78, 5) is 17.4. The molecule has 3 rings (SSSR count). The normalized spacial score (nSPS) is 14.1. The Labute approximate surface area is 103 Å². The summed E-state index contributed by atoms with van der Waals surface area (Å²) < 4.78 is 13.2. The van der Waals surface area contributed by atoms with Gasteiger partial charge in [0.15, 0.2) is 0 Å². The van der Waals surface area contributed by atoms with E-state index in [-0.39, 0.29) is 11.8 Å². The van der Waals surface area contributed by atoms with Crippen molar-refractivity contribution < 1.29 is 9.18 Å². The number of amides is 2. The van der Waals surface area contributed by atoms with Crippen molar-refractivity contribution in [3.05, 3.63) is 54.1 Å². The maximum Gasteiger partial charge on any atom is 0.326 e. The number of pyridine rings is 1. The van der Waals surface area contributed by atoms with Crippen LogP contribution in [0.25, 0.3) is 0 Å². The summed E-state index contributed by atoms with van der Waals surface area (Å²) in [5, 5.41) is 2.73. The quantitative estimate of drug-likeness (QED) is 0.837. The molecule has 90 valence electrons. The smallest absolute Gasteiger partial charge is 0.307 e. The molecule has 0 spiro atoms. The number of benzene rings is 1. The standard InChI is InChI=1S/C13H10FN3O/c14-10-3-4-12-9(6-10)8-17(13(18)16-12)11-2-1-5-15-7-11/h1-7H,8H2,(H,16,18). The first kappa shape index (κ1) is 10.7. The molecule has 0 radical (unpaired) electrons. The molecule has 1 aromatic carbocycles. The summed E-state index contributed by atoms with van der Waals surface area (Å²) in [5.74, 6) is -0.309. The van der Waals surface area contributed by atoms with E-state index in [0.717, 1.165) is 5.56 Å². The van der Waals surface area contributed by atoms with Crippen LogP contribution >= 0.6 is 0 Å². The van der Waals surface area contributed by atoms with Crippen molar-refractivity contribution >= 4 is 17.4 Å². The van der Waals surface area contributed by atoms with Gasteiger partial charge in [0.2, 0.25) is 0 Å². The van der Waals surface area contributed by atoms with Crippen molar-refractivity contribution in [2.24, 2.45) is 0 Å². The zero-order valence-corrected chi connectivity index (χ0v) is 9.43. The molecule has 0 aliphatic carbocycles. The maximum absolute atomic E-state index is 13.2. The minimum Gasteiger partial charge on any atom is -0.307 e. The molecule has 2 amide bonds. The van der Waals surface area contributed by atoms with Crippen molar-refractivity contribution in [2.45, 2.75) is 6.54 Å². The number of hydrogen-bond donors (Lipinski definition) is 1. The molecule has 18 heavy (non-hydrogen) atoms. The zero-order chi connectivity index (χ0) is 12.5. The number of anilines is 2. The zero-order valence-electron chi connectivity index (χ0n) is 9.43. The van der Waals surface area contributed by atoms with E-state index >= 15 is 0 Å². The Kier molecular flexibility index (Phi) is 2.44. The summed E-state index contributed by atoms with van der Waals surface area (Å²) in [5.41, 5.74) is 2.09. The van der Waals surface area contributed by atoms with Crippen LogP contribution in [0, 0.1) is 5.82 Å². The lowest BCUT2D eigenvalue weighted by atomic mass is 10.1. The van der Waals surface area contributed by atoms with E-state index in [1.807, 2.05) is 0 Å². The second-order valence-electron chi connectivity index (χ2n) is 4.03. The Balaban J connectivity index is 1.99. The molecule has 2 aromatic rings. The van der Waals surface area contributed by atoms with Crippen LogP contribution in [-0.4, -0.2) is 11.0 Å². The lowest BCUT2D eigenvalue weighted by Gasteiger charge is -2.29. The number of rotatable bonds is 1. The molecule has 0 atom stereocenters. The van der Waals surface area contributed by atoms with Gasteiger partial charge in [0.05, 0.1) is 18.4 Å². The maximum atomic E-state index is 13.2. The molecule has 1 aromatic heterocycles. The van der Waals surface area contributed by atoms with Gasteiger partial charge < -0.3 is 5.32 Å². The van der Waals surface area contributed by atoms with Gasteiger partial charge in [-0.3, -0.25) is 9.88 Å². The molecule has 1 N–H and O–H groups in total. The lowest BCUT2D eigenvalue weighted by molar-refractivity contribution is 0.256. The third kappa shape index (κ3) is 1.79. The molecule has 0 fully saturated rings. The van der Waals surface area contributed by atoms with E-state index in [4.69, 9.17) is 0 Å². The topological polar surface area (TPSA) is 45.2 Å². The van der Waals surface area contributed by atoms with Crippen molar-refractivity contribution in [2.75, 3.05) is 10.2 Å². The van der Waals surface area contributed by atoms with E-state index in [1.54, 1.807) is 30.6 Å². The number of hydrogen-bond acceptors (Lipinski definition) is 2. The van der Waals surface area contributed by atoms with Crippen LogP contribution in [-0.2, 0) is 6.54 Å². The second-order valence-corrected chi connectivity index (χ2v) is 4.03. The Morgan fingerprint density at radius 1 is 1.33 bits per heavy atom. The third-order valence-electron chi connectivity index (χ3n) is 2.84. The van der Waals surface area contributed by atoms with Crippen LogP contribution in [0.2, 0.25) is 0 Å². The fourth-order valence-corrected chi connectivity index (χ4v) is 1.96. The first-order valence-corrected chi connectivity index (χ1v) is 5.51. The van der Waals surface area contributed by atoms with E-state index in [0.29, 0.717) is 17.9 Å². The number of aromatic nitrogens is 1. The molecule has 4 nitrogen and oxygen atoms in total. The molecular weight excluding hydrogens is 233 g/mol. The fourth-order valence-electron chi connectivity index (χ4n) is 1.96. The predicted molar refractivity (Wildman–Crippen MR) is 65.8 cm³/mol. The van der Waals surface area contributed by atoms with E-state index in [2.05, 4.69) is 10.3 Å². The van der Waals surface area contributed by atoms with Crippen LogP contribution < -0.4 is 10.2 Å². The minimum absolute atomic E-state index is 0.234. The minimum atomic E-state index is -0.309. The Hall–Kier alpha value is -2.43. The third-order valence-corrected chi connectivity index (χ3v) is 2.84. The van der Waals surface area contributed by atoms with Gasteiger partial charge in [-0.25, -0.2) is 9.18 Å². The molecule has 1 aliphatic heterocycles. The van der Waals surface area contributed by atoms with Crippen LogP contribution in [0.3, 0.4) is 0 Å². The molecule has 1 aliphatic rings. The largest absolute Gasteiger partial charge is 0.326 e. The highest BCUT2D eigenvalue weighted by molar-refractivity contribution is 6.04. The van der Waals surface area contributed by atoms with Crippen molar-refractivity contribution in [1.82, 2.24) is 4.98 Å². The van der Waals surface area contributed by atoms with Gasteiger partial charge in [-0.05, 0) is 35.9 Å². The van der Waals surface area contributed by atoms with Crippen LogP contribution in [0.5, 0.6) is 0 Å². The Morgan fingerprint density at radius 2 is 2.22 bits per heavy atom. The van der Waals surface area contributed by atoms with E-state index < -0.39 is 0 Å². The molecule has 2 heterocycles. The summed E-state index contributed by atoms with van der Waals surface area (Å²) in [7, 11) is 0. The van der Waals surface area contributed by atoms with Crippen molar-refractivity contribution in [1.29, 1.82) is 0 Å². The fraction of sp³-hybridized carbons (Fsp3) is 0.0769. The summed E-state index contributed by atoms with van der Waals surface area (Å²) in [6.45, 7) is 0.338. The number of halogens is 1. The predicted octanol–water partition coefficient (Wildman–Crippen LogP) is 2.77. The van der Waals surface area contributed by atoms with Gasteiger partial charge in [-0.15, -0.1) is 0 Å². The number of urea groups is 1. The van der Waals surface area contributed by atoms with Gasteiger partial charge >= 0.3 is 6.03 Å². The average molecular weight is 243 g/mol. The number of nitrogens with zero attached hydrogens (tertiary/aromatic N) is 2. The van der Waals surface area contributed by atoms with Crippen molar-refractivity contribution in [3.8, 4) is 0 Å². The van der Waals surface area contributed by atoms with E-state index in [9.17, 15) is 9.18 Å². The molecular formula is C13H10FN3O. The summed E-state index contributed by atoms with van der Waals surface area (Å²) in [6.07, 6.45) is 3.24. The molecule has 0 bridgehead atoms. The van der Waals surface area contributed by atoms with Crippen LogP contribution in [0.1, 0.15) is 5.56 Å². The second kappa shape index (κ2) is 4.10. The van der Waals surface area contributed by atoms with Gasteiger partial charge in [0.25, 0.3) is 0 Å². The van der Waals surface area contributed by atoms with Crippen LogP contribution in [0.15, 0.2) is 42.7 Å². The average Bonchev–Trinajstić information content (AvgIpc) is 2.39. The monoisotopic (exact) mass is 243 g/mol. The molecule has 0 saturated carbocycles. The highest BCUT2D eigenvalue weighted by Crippen LogP contribution is 2.27. The number of nitrogens with one attached hydrogen (secondary N) is 1. The highest BCUT2D eigenvalue weighted by atomic mass is 19.1. The van der Waals surface area contributed by atoms with Gasteiger partial charge in [-0.2, -0.15) is 0 Å². The molecule has 0 unspecified atom stereocenters. The highest BCUT2D eigenvalue weighted by Gasteiger charge is 2.24. The molecule has 5 heteroatoms. The Morgan fingerprint density at radius 3 is 3.00 bits per heavy atom. The number of carbonyl (C=O) groups is 1.